The van der Waals surface area contributed by atoms with E-state index in [1.54, 1.807) is 17.1 Å². The highest BCUT2D eigenvalue weighted by Gasteiger charge is 2.08. The first kappa shape index (κ1) is 11.9. The van der Waals surface area contributed by atoms with E-state index in [9.17, 15) is 0 Å². The van der Waals surface area contributed by atoms with Crippen LogP contribution in [0.5, 0.6) is 0 Å². The van der Waals surface area contributed by atoms with Crippen molar-refractivity contribution in [2.24, 2.45) is 0 Å². The van der Waals surface area contributed by atoms with Gasteiger partial charge in [-0.3, -0.25) is 4.68 Å². The molecule has 6 heteroatoms. The molecule has 1 aromatic carbocycles. The number of aryl methyl sites for hydroxylation is 2. The monoisotopic (exact) mass is 274 g/mol. The van der Waals surface area contributed by atoms with Gasteiger partial charge in [0.25, 0.3) is 0 Å². The second-order valence-electron chi connectivity index (χ2n) is 4.05. The van der Waals surface area contributed by atoms with Crippen LogP contribution in [-0.4, -0.2) is 19.9 Å². The van der Waals surface area contributed by atoms with Crippen molar-refractivity contribution < 1.29 is 4.52 Å². The van der Waals surface area contributed by atoms with Crippen LogP contribution in [0.2, 0.25) is 5.02 Å². The molecule has 0 aliphatic heterocycles. The molecule has 0 unspecified atom stereocenters. The van der Waals surface area contributed by atoms with E-state index in [1.807, 2.05) is 30.3 Å². The van der Waals surface area contributed by atoms with Crippen molar-refractivity contribution in [2.75, 3.05) is 0 Å². The number of hydrogen-bond donors (Lipinski definition) is 0. The van der Waals surface area contributed by atoms with E-state index in [0.29, 0.717) is 29.7 Å². The first-order valence-corrected chi connectivity index (χ1v) is 6.25. The van der Waals surface area contributed by atoms with Crippen molar-refractivity contribution in [3.8, 4) is 11.4 Å². The Hall–Kier alpha value is -2.14. The highest BCUT2D eigenvalue weighted by Crippen LogP contribution is 2.15. The number of benzene rings is 1. The van der Waals surface area contributed by atoms with E-state index >= 15 is 0 Å². The van der Waals surface area contributed by atoms with E-state index in [4.69, 9.17) is 16.1 Å². The third-order valence-corrected chi connectivity index (χ3v) is 2.85. The van der Waals surface area contributed by atoms with Gasteiger partial charge in [-0.05, 0) is 0 Å². The molecule has 0 atom stereocenters. The Labute approximate surface area is 114 Å². The molecule has 0 aliphatic carbocycles. The summed E-state index contributed by atoms with van der Waals surface area (Å²) in [6, 6.07) is 9.73. The molecule has 19 heavy (non-hydrogen) atoms. The third-order valence-electron chi connectivity index (χ3n) is 2.66. The summed E-state index contributed by atoms with van der Waals surface area (Å²) in [4.78, 5) is 4.35. The molecule has 0 saturated carbocycles. The average molecular weight is 275 g/mol. The molecule has 0 aliphatic rings. The van der Waals surface area contributed by atoms with Gasteiger partial charge < -0.3 is 4.52 Å². The fraction of sp³-hybridized carbons (Fsp3) is 0.154. The molecule has 96 valence electrons. The number of hydrogen-bond acceptors (Lipinski definition) is 4. The molecule has 0 N–H and O–H groups in total. The zero-order chi connectivity index (χ0) is 13.1. The highest BCUT2D eigenvalue weighted by molar-refractivity contribution is 6.30. The molecule has 2 aromatic heterocycles. The van der Waals surface area contributed by atoms with E-state index in [-0.39, 0.29) is 0 Å². The number of halogens is 1. The zero-order valence-electron chi connectivity index (χ0n) is 10.0. The Balaban J connectivity index is 1.68. The SMILES string of the molecule is Clc1cnn(CCc2nc(-c3ccccc3)no2)c1. The molecule has 0 amide bonds. The maximum absolute atomic E-state index is 5.79. The van der Waals surface area contributed by atoms with E-state index in [2.05, 4.69) is 15.2 Å². The normalized spacial score (nSPS) is 10.8. The van der Waals surface area contributed by atoms with Crippen molar-refractivity contribution in [1.82, 2.24) is 19.9 Å². The first-order chi connectivity index (χ1) is 9.31. The van der Waals surface area contributed by atoms with Gasteiger partial charge in [-0.25, -0.2) is 0 Å². The molecule has 0 radical (unpaired) electrons. The topological polar surface area (TPSA) is 56.7 Å². The van der Waals surface area contributed by atoms with Crippen LogP contribution in [0.15, 0.2) is 47.2 Å². The molecule has 0 spiro atoms. The maximum atomic E-state index is 5.79. The Morgan fingerprint density at radius 2 is 2.05 bits per heavy atom. The molecule has 2 heterocycles. The van der Waals surface area contributed by atoms with E-state index < -0.39 is 0 Å². The second-order valence-corrected chi connectivity index (χ2v) is 4.49. The lowest BCUT2D eigenvalue weighted by atomic mass is 10.2. The summed E-state index contributed by atoms with van der Waals surface area (Å²) in [6.07, 6.45) is 3.98. The highest BCUT2D eigenvalue weighted by atomic mass is 35.5. The molecule has 0 bridgehead atoms. The van der Waals surface area contributed by atoms with Gasteiger partial charge >= 0.3 is 0 Å². The summed E-state index contributed by atoms with van der Waals surface area (Å²) in [6.45, 7) is 0.656. The van der Waals surface area contributed by atoms with Gasteiger partial charge in [0, 0.05) is 24.7 Å². The molecule has 5 nitrogen and oxygen atoms in total. The molecule has 0 fully saturated rings. The predicted molar refractivity (Wildman–Crippen MR) is 70.7 cm³/mol. The summed E-state index contributed by atoms with van der Waals surface area (Å²) in [5.41, 5.74) is 0.944. The van der Waals surface area contributed by atoms with Crippen LogP contribution in [0.1, 0.15) is 5.89 Å². The smallest absolute Gasteiger partial charge is 0.228 e. The molecular formula is C13H11ClN4O. The summed E-state index contributed by atoms with van der Waals surface area (Å²) < 4.78 is 6.96. The lowest BCUT2D eigenvalue weighted by Gasteiger charge is -1.96. The largest absolute Gasteiger partial charge is 0.339 e. The number of rotatable bonds is 4. The summed E-state index contributed by atoms with van der Waals surface area (Å²) in [5.74, 6) is 1.19. The van der Waals surface area contributed by atoms with Gasteiger partial charge in [0.1, 0.15) is 0 Å². The van der Waals surface area contributed by atoms with Gasteiger partial charge in [-0.2, -0.15) is 10.1 Å². The quantitative estimate of drug-likeness (QED) is 0.734. The minimum Gasteiger partial charge on any atom is -0.339 e. The Kier molecular flexibility index (Phi) is 3.29. The Bertz CT molecular complexity index is 662. The van der Waals surface area contributed by atoms with Crippen molar-refractivity contribution in [1.29, 1.82) is 0 Å². The van der Waals surface area contributed by atoms with Gasteiger partial charge in [0.15, 0.2) is 0 Å². The van der Waals surface area contributed by atoms with E-state index in [1.165, 1.54) is 0 Å². The summed E-state index contributed by atoms with van der Waals surface area (Å²) in [5, 5.41) is 8.67. The lowest BCUT2D eigenvalue weighted by molar-refractivity contribution is 0.369. The van der Waals surface area contributed by atoms with Gasteiger partial charge in [-0.15, -0.1) is 0 Å². The van der Waals surface area contributed by atoms with Crippen LogP contribution < -0.4 is 0 Å². The molecule has 3 aromatic rings. The second kappa shape index (κ2) is 5.24. The van der Waals surface area contributed by atoms with E-state index in [0.717, 1.165) is 5.56 Å². The van der Waals surface area contributed by atoms with Crippen LogP contribution in [0.4, 0.5) is 0 Å². The standard InChI is InChI=1S/C13H11ClN4O/c14-11-8-15-18(9-11)7-6-12-16-13(17-19-12)10-4-2-1-3-5-10/h1-5,8-9H,6-7H2. The van der Waals surface area contributed by atoms with Crippen molar-refractivity contribution in [3.63, 3.8) is 0 Å². The summed E-state index contributed by atoms with van der Waals surface area (Å²) in [7, 11) is 0. The fourth-order valence-electron chi connectivity index (χ4n) is 1.73. The van der Waals surface area contributed by atoms with Crippen LogP contribution in [0.25, 0.3) is 11.4 Å². The predicted octanol–water partition coefficient (Wildman–Crippen LogP) is 2.83. The van der Waals surface area contributed by atoms with Crippen molar-refractivity contribution in [3.05, 3.63) is 53.6 Å². The Morgan fingerprint density at radius 3 is 2.79 bits per heavy atom. The maximum Gasteiger partial charge on any atom is 0.228 e. The average Bonchev–Trinajstić information content (AvgIpc) is 3.06. The summed E-state index contributed by atoms with van der Waals surface area (Å²) >= 11 is 5.79. The zero-order valence-corrected chi connectivity index (χ0v) is 10.8. The van der Waals surface area contributed by atoms with Crippen LogP contribution in [0, 0.1) is 0 Å². The molecule has 0 saturated heterocycles. The third kappa shape index (κ3) is 2.82. The molecule has 3 rings (SSSR count). The molecular weight excluding hydrogens is 264 g/mol. The minimum atomic E-state index is 0.588. The van der Waals surface area contributed by atoms with Gasteiger partial charge in [0.2, 0.25) is 11.7 Å². The van der Waals surface area contributed by atoms with Crippen molar-refractivity contribution >= 4 is 11.6 Å². The van der Waals surface area contributed by atoms with Gasteiger partial charge in [0.05, 0.1) is 11.2 Å². The Morgan fingerprint density at radius 1 is 1.21 bits per heavy atom. The first-order valence-electron chi connectivity index (χ1n) is 5.87. The van der Waals surface area contributed by atoms with Crippen molar-refractivity contribution in [2.45, 2.75) is 13.0 Å². The van der Waals surface area contributed by atoms with Crippen LogP contribution in [-0.2, 0) is 13.0 Å². The number of nitrogens with zero attached hydrogens (tertiary/aromatic N) is 4. The minimum absolute atomic E-state index is 0.588. The lowest BCUT2D eigenvalue weighted by Crippen LogP contribution is -2.01. The van der Waals surface area contributed by atoms with Gasteiger partial charge in [-0.1, -0.05) is 47.1 Å². The van der Waals surface area contributed by atoms with Crippen LogP contribution >= 0.6 is 11.6 Å². The van der Waals surface area contributed by atoms with Crippen LogP contribution in [0.3, 0.4) is 0 Å². The fourth-order valence-corrected chi connectivity index (χ4v) is 1.89. The number of aromatic nitrogens is 4.